The summed E-state index contributed by atoms with van der Waals surface area (Å²) in [5.41, 5.74) is 1.97. The van der Waals surface area contributed by atoms with E-state index in [0.717, 1.165) is 5.56 Å². The van der Waals surface area contributed by atoms with Crippen LogP contribution in [0.2, 0.25) is 0 Å². The number of ether oxygens (including phenoxy) is 1. The van der Waals surface area contributed by atoms with Crippen LogP contribution >= 0.6 is 0 Å². The summed E-state index contributed by atoms with van der Waals surface area (Å²) in [5.74, 6) is 1.18. The minimum atomic E-state index is -0.604. The van der Waals surface area contributed by atoms with Gasteiger partial charge in [0.05, 0.1) is 13.7 Å². The second kappa shape index (κ2) is 10.3. The van der Waals surface area contributed by atoms with Crippen LogP contribution in [-0.2, 0) is 0 Å². The number of urea groups is 1. The summed E-state index contributed by atoms with van der Waals surface area (Å²) in [6.07, 6.45) is 0. The lowest BCUT2D eigenvalue weighted by Crippen LogP contribution is -2.53. The van der Waals surface area contributed by atoms with Gasteiger partial charge < -0.3 is 24.4 Å². The fourth-order valence-electron chi connectivity index (χ4n) is 4.15. The Morgan fingerprint density at radius 2 is 1.72 bits per heavy atom. The van der Waals surface area contributed by atoms with E-state index in [9.17, 15) is 9.59 Å². The number of piperazine rings is 1. The van der Waals surface area contributed by atoms with Crippen molar-refractivity contribution in [2.45, 2.75) is 6.04 Å². The molecule has 3 aromatic carbocycles. The Kier molecular flexibility index (Phi) is 6.61. The molecular formula is C27H25N5O4. The third-order valence-corrected chi connectivity index (χ3v) is 6.03. The first-order chi connectivity index (χ1) is 17.6. The highest BCUT2D eigenvalue weighted by Gasteiger charge is 2.37. The first kappa shape index (κ1) is 23.1. The van der Waals surface area contributed by atoms with Crippen molar-refractivity contribution < 1.29 is 18.8 Å². The van der Waals surface area contributed by atoms with Gasteiger partial charge in [-0.25, -0.2) is 4.79 Å². The van der Waals surface area contributed by atoms with Crippen molar-refractivity contribution in [3.8, 4) is 17.1 Å². The van der Waals surface area contributed by atoms with E-state index in [1.807, 2.05) is 48.5 Å². The van der Waals surface area contributed by atoms with Crippen molar-refractivity contribution in [2.75, 3.05) is 32.1 Å². The summed E-state index contributed by atoms with van der Waals surface area (Å²) in [6.45, 7) is 0.863. The number of hydrogen-bond donors (Lipinski definition) is 1. The number of rotatable bonds is 5. The highest BCUT2D eigenvalue weighted by molar-refractivity contribution is 5.95. The Morgan fingerprint density at radius 1 is 0.972 bits per heavy atom. The summed E-state index contributed by atoms with van der Waals surface area (Å²) in [7, 11) is 1.57. The molecule has 9 nitrogen and oxygen atoms in total. The second-order valence-electron chi connectivity index (χ2n) is 8.31. The SMILES string of the molecule is COc1cccc(NC(=O)N2CCN(C(=O)c3ccccc3)C(c3nc(-c4ccccc4)no3)C2)c1. The molecule has 182 valence electrons. The van der Waals surface area contributed by atoms with Crippen molar-refractivity contribution in [2.24, 2.45) is 0 Å². The minimum absolute atomic E-state index is 0.159. The van der Waals surface area contributed by atoms with Gasteiger partial charge in [0.2, 0.25) is 5.82 Å². The Labute approximate surface area is 208 Å². The van der Waals surface area contributed by atoms with Gasteiger partial charge >= 0.3 is 6.03 Å². The zero-order valence-corrected chi connectivity index (χ0v) is 19.7. The highest BCUT2D eigenvalue weighted by Crippen LogP contribution is 2.29. The molecule has 3 amide bonds. The van der Waals surface area contributed by atoms with Crippen molar-refractivity contribution in [3.05, 3.63) is 96.4 Å². The van der Waals surface area contributed by atoms with Gasteiger partial charge in [-0.05, 0) is 24.3 Å². The second-order valence-corrected chi connectivity index (χ2v) is 8.31. The van der Waals surface area contributed by atoms with Crippen LogP contribution in [0.4, 0.5) is 10.5 Å². The van der Waals surface area contributed by atoms with Gasteiger partial charge in [0, 0.05) is 36.0 Å². The van der Waals surface area contributed by atoms with E-state index < -0.39 is 6.04 Å². The molecule has 4 aromatic rings. The largest absolute Gasteiger partial charge is 0.497 e. The number of aromatic nitrogens is 2. The van der Waals surface area contributed by atoms with Crippen LogP contribution in [0.25, 0.3) is 11.4 Å². The third-order valence-electron chi connectivity index (χ3n) is 6.03. The van der Waals surface area contributed by atoms with E-state index in [1.54, 1.807) is 53.3 Å². The Morgan fingerprint density at radius 3 is 2.47 bits per heavy atom. The van der Waals surface area contributed by atoms with Gasteiger partial charge in [0.1, 0.15) is 11.8 Å². The molecule has 0 bridgehead atoms. The maximum absolute atomic E-state index is 13.4. The lowest BCUT2D eigenvalue weighted by atomic mass is 10.1. The molecule has 1 aliphatic heterocycles. The number of nitrogens with zero attached hydrogens (tertiary/aromatic N) is 4. The molecule has 1 fully saturated rings. The summed E-state index contributed by atoms with van der Waals surface area (Å²) >= 11 is 0. The summed E-state index contributed by atoms with van der Waals surface area (Å²) in [5, 5.41) is 7.03. The summed E-state index contributed by atoms with van der Waals surface area (Å²) in [6, 6.07) is 24.7. The summed E-state index contributed by atoms with van der Waals surface area (Å²) < 4.78 is 10.9. The van der Waals surface area contributed by atoms with E-state index in [2.05, 4.69) is 15.5 Å². The number of benzene rings is 3. The van der Waals surface area contributed by atoms with Gasteiger partial charge in [-0.1, -0.05) is 59.8 Å². The molecule has 1 unspecified atom stereocenters. The van der Waals surface area contributed by atoms with Gasteiger partial charge in [-0.3, -0.25) is 4.79 Å². The van der Waals surface area contributed by atoms with Crippen LogP contribution < -0.4 is 10.1 Å². The lowest BCUT2D eigenvalue weighted by Gasteiger charge is -2.39. The monoisotopic (exact) mass is 483 g/mol. The predicted molar refractivity (Wildman–Crippen MR) is 134 cm³/mol. The minimum Gasteiger partial charge on any atom is -0.497 e. The molecule has 1 aromatic heterocycles. The molecule has 1 atom stereocenters. The molecule has 2 heterocycles. The molecule has 0 spiro atoms. The maximum atomic E-state index is 13.4. The van der Waals surface area contributed by atoms with Gasteiger partial charge in [-0.2, -0.15) is 4.98 Å². The van der Waals surface area contributed by atoms with Crippen LogP contribution in [0.5, 0.6) is 5.75 Å². The van der Waals surface area contributed by atoms with E-state index >= 15 is 0 Å². The van der Waals surface area contributed by atoms with E-state index in [-0.39, 0.29) is 24.4 Å². The van der Waals surface area contributed by atoms with Crippen molar-refractivity contribution >= 4 is 17.6 Å². The number of amides is 3. The Balaban J connectivity index is 1.41. The first-order valence-electron chi connectivity index (χ1n) is 11.6. The lowest BCUT2D eigenvalue weighted by molar-refractivity contribution is 0.0452. The number of hydrogen-bond acceptors (Lipinski definition) is 6. The first-order valence-corrected chi connectivity index (χ1v) is 11.6. The number of carbonyl (C=O) groups is 2. The van der Waals surface area contributed by atoms with Crippen LogP contribution in [0.3, 0.4) is 0 Å². The summed E-state index contributed by atoms with van der Waals surface area (Å²) in [4.78, 5) is 34.4. The van der Waals surface area contributed by atoms with Crippen molar-refractivity contribution in [1.82, 2.24) is 19.9 Å². The molecular weight excluding hydrogens is 458 g/mol. The smallest absolute Gasteiger partial charge is 0.321 e. The van der Waals surface area contributed by atoms with Crippen molar-refractivity contribution in [3.63, 3.8) is 0 Å². The van der Waals surface area contributed by atoms with Crippen LogP contribution in [0.1, 0.15) is 22.3 Å². The molecule has 1 aliphatic rings. The van der Waals surface area contributed by atoms with Crippen LogP contribution in [0, 0.1) is 0 Å². The number of methoxy groups -OCH3 is 1. The highest BCUT2D eigenvalue weighted by atomic mass is 16.5. The molecule has 0 saturated carbocycles. The fraction of sp³-hybridized carbons (Fsp3) is 0.185. The average Bonchev–Trinajstić information content (AvgIpc) is 3.44. The van der Waals surface area contributed by atoms with Crippen molar-refractivity contribution in [1.29, 1.82) is 0 Å². The quantitative estimate of drug-likeness (QED) is 0.449. The van der Waals surface area contributed by atoms with E-state index in [0.29, 0.717) is 35.9 Å². The molecule has 5 rings (SSSR count). The fourth-order valence-corrected chi connectivity index (χ4v) is 4.15. The molecule has 36 heavy (non-hydrogen) atoms. The zero-order chi connectivity index (χ0) is 24.9. The molecule has 1 saturated heterocycles. The Hall–Kier alpha value is -4.66. The van der Waals surface area contributed by atoms with Gasteiger partial charge in [0.15, 0.2) is 0 Å². The van der Waals surface area contributed by atoms with E-state index in [4.69, 9.17) is 9.26 Å². The number of anilines is 1. The Bertz CT molecular complexity index is 1340. The van der Waals surface area contributed by atoms with Gasteiger partial charge in [-0.15, -0.1) is 0 Å². The number of carbonyl (C=O) groups excluding carboxylic acids is 2. The topological polar surface area (TPSA) is 101 Å². The maximum Gasteiger partial charge on any atom is 0.321 e. The molecule has 1 N–H and O–H groups in total. The van der Waals surface area contributed by atoms with Crippen LogP contribution in [-0.4, -0.2) is 58.6 Å². The normalized spacial score (nSPS) is 15.4. The number of nitrogens with one attached hydrogen (secondary N) is 1. The standard InChI is InChI=1S/C27H25N5O4/c1-35-22-14-8-13-21(17-22)28-27(34)31-15-16-32(26(33)20-11-6-3-7-12-20)23(18-31)25-29-24(30-36-25)19-9-4-2-5-10-19/h2-14,17,23H,15-16,18H2,1H3,(H,28,34). The van der Waals surface area contributed by atoms with E-state index in [1.165, 1.54) is 0 Å². The molecule has 0 aliphatic carbocycles. The van der Waals surface area contributed by atoms with Gasteiger partial charge in [0.25, 0.3) is 11.8 Å². The average molecular weight is 484 g/mol. The van der Waals surface area contributed by atoms with Crippen LogP contribution in [0.15, 0.2) is 89.5 Å². The predicted octanol–water partition coefficient (Wildman–Crippen LogP) is 4.48. The molecule has 0 radical (unpaired) electrons. The third kappa shape index (κ3) is 4.90. The zero-order valence-electron chi connectivity index (χ0n) is 19.7. The molecule has 9 heteroatoms.